The number of ether oxygens (including phenoxy) is 1. The first kappa shape index (κ1) is 25.4. The van der Waals surface area contributed by atoms with E-state index < -0.39 is 23.8 Å². The fraction of sp³-hybridized carbons (Fsp3) is 0.857. The van der Waals surface area contributed by atoms with Crippen LogP contribution in [-0.4, -0.2) is 36.1 Å². The Labute approximate surface area is 164 Å². The number of aliphatic carboxylic acids is 1. The van der Waals surface area contributed by atoms with Crippen molar-refractivity contribution in [1.82, 2.24) is 5.32 Å². The summed E-state index contributed by atoms with van der Waals surface area (Å²) in [5, 5.41) is 11.0. The maximum Gasteiger partial charge on any atom is 0.325 e. The lowest BCUT2D eigenvalue weighted by atomic mass is 10.1. The molecule has 27 heavy (non-hydrogen) atoms. The van der Waals surface area contributed by atoms with Crippen LogP contribution in [0.4, 0.5) is 0 Å². The molecule has 0 saturated heterocycles. The molecule has 0 aliphatic carbocycles. The van der Waals surface area contributed by atoms with Crippen LogP contribution in [0.15, 0.2) is 0 Å². The van der Waals surface area contributed by atoms with Crippen molar-refractivity contribution in [3.63, 3.8) is 0 Å². The van der Waals surface area contributed by atoms with E-state index in [2.05, 4.69) is 12.2 Å². The van der Waals surface area contributed by atoms with Gasteiger partial charge in [0.15, 0.2) is 0 Å². The highest BCUT2D eigenvalue weighted by molar-refractivity contribution is 5.85. The van der Waals surface area contributed by atoms with Gasteiger partial charge in [0.05, 0.1) is 13.0 Å². The van der Waals surface area contributed by atoms with Gasteiger partial charge in [-0.1, -0.05) is 84.5 Å². The van der Waals surface area contributed by atoms with Crippen LogP contribution in [0.2, 0.25) is 0 Å². The molecule has 0 saturated carbocycles. The van der Waals surface area contributed by atoms with E-state index in [-0.39, 0.29) is 13.0 Å². The second-order valence-corrected chi connectivity index (χ2v) is 7.33. The van der Waals surface area contributed by atoms with Gasteiger partial charge >= 0.3 is 11.9 Å². The van der Waals surface area contributed by atoms with E-state index in [1.54, 1.807) is 0 Å². The molecule has 0 unspecified atom stereocenters. The lowest BCUT2D eigenvalue weighted by Gasteiger charge is -2.10. The van der Waals surface area contributed by atoms with Crippen molar-refractivity contribution in [3.8, 4) is 0 Å². The zero-order valence-corrected chi connectivity index (χ0v) is 17.3. The third-order valence-corrected chi connectivity index (χ3v) is 4.60. The highest BCUT2D eigenvalue weighted by atomic mass is 16.5. The Kier molecular flexibility index (Phi) is 16.8. The third kappa shape index (κ3) is 17.6. The van der Waals surface area contributed by atoms with Crippen molar-refractivity contribution >= 4 is 17.8 Å². The normalized spacial score (nSPS) is 11.8. The lowest BCUT2D eigenvalue weighted by molar-refractivity contribution is -0.144. The smallest absolute Gasteiger partial charge is 0.325 e. The molecule has 0 fully saturated rings. The molecule has 6 nitrogen and oxygen atoms in total. The second kappa shape index (κ2) is 17.8. The molecular weight excluding hydrogens is 346 g/mol. The number of carboxylic acid groups (broad SMARTS) is 1. The summed E-state index contributed by atoms with van der Waals surface area (Å²) >= 11 is 0. The monoisotopic (exact) mass is 385 g/mol. The molecule has 0 rings (SSSR count). The van der Waals surface area contributed by atoms with Crippen LogP contribution in [0, 0.1) is 5.92 Å². The number of hydrogen-bond acceptors (Lipinski definition) is 4. The number of esters is 1. The molecule has 1 amide bonds. The third-order valence-electron chi connectivity index (χ3n) is 4.60. The molecule has 0 spiro atoms. The fourth-order valence-electron chi connectivity index (χ4n) is 2.87. The average Bonchev–Trinajstić information content (AvgIpc) is 2.62. The van der Waals surface area contributed by atoms with Gasteiger partial charge in [-0.25, -0.2) is 0 Å². The predicted molar refractivity (Wildman–Crippen MR) is 106 cm³/mol. The highest BCUT2D eigenvalue weighted by Gasteiger charge is 2.17. The van der Waals surface area contributed by atoms with Crippen LogP contribution < -0.4 is 5.32 Å². The first-order valence-electron chi connectivity index (χ1n) is 10.6. The van der Waals surface area contributed by atoms with Crippen LogP contribution in [0.25, 0.3) is 0 Å². The summed E-state index contributed by atoms with van der Waals surface area (Å²) in [5.41, 5.74) is 0. The van der Waals surface area contributed by atoms with Crippen molar-refractivity contribution in [2.45, 2.75) is 97.3 Å². The van der Waals surface area contributed by atoms with Gasteiger partial charge in [-0.2, -0.15) is 0 Å². The number of carbonyl (C=O) groups is 3. The van der Waals surface area contributed by atoms with Gasteiger partial charge in [0.2, 0.25) is 5.91 Å². The summed E-state index contributed by atoms with van der Waals surface area (Å²) in [6.07, 6.45) is 14.8. The number of carbonyl (C=O) groups excluding carboxylic acids is 2. The zero-order chi connectivity index (χ0) is 20.3. The van der Waals surface area contributed by atoms with Crippen LogP contribution in [0.3, 0.4) is 0 Å². The topological polar surface area (TPSA) is 92.7 Å². The molecule has 0 bridgehead atoms. The summed E-state index contributed by atoms with van der Waals surface area (Å²) in [7, 11) is 0. The minimum absolute atomic E-state index is 0.207. The van der Waals surface area contributed by atoms with Crippen molar-refractivity contribution in [1.29, 1.82) is 0 Å². The molecule has 6 heteroatoms. The Hall–Kier alpha value is -1.59. The summed E-state index contributed by atoms with van der Waals surface area (Å²) < 4.78 is 5.08. The Morgan fingerprint density at radius 2 is 1.33 bits per heavy atom. The highest BCUT2D eigenvalue weighted by Crippen LogP contribution is 2.11. The predicted octanol–water partition coefficient (Wildman–Crippen LogP) is 4.46. The van der Waals surface area contributed by atoms with E-state index in [4.69, 9.17) is 9.84 Å². The molecule has 0 aliphatic rings. The zero-order valence-electron chi connectivity index (χ0n) is 17.3. The number of nitrogens with one attached hydrogen (secondary N) is 1. The van der Waals surface area contributed by atoms with E-state index in [0.717, 1.165) is 19.3 Å². The summed E-state index contributed by atoms with van der Waals surface area (Å²) in [6.45, 7) is 3.92. The van der Waals surface area contributed by atoms with Gasteiger partial charge in [0.1, 0.15) is 6.54 Å². The van der Waals surface area contributed by atoms with Gasteiger partial charge in [0.25, 0.3) is 0 Å². The van der Waals surface area contributed by atoms with Crippen LogP contribution in [-0.2, 0) is 19.1 Å². The molecule has 0 heterocycles. The fourth-order valence-corrected chi connectivity index (χ4v) is 2.87. The van der Waals surface area contributed by atoms with Crippen molar-refractivity contribution < 1.29 is 24.2 Å². The van der Waals surface area contributed by atoms with Gasteiger partial charge in [0, 0.05) is 5.92 Å². The van der Waals surface area contributed by atoms with E-state index in [1.165, 1.54) is 64.7 Å². The molecule has 0 aromatic carbocycles. The molecule has 0 aliphatic heterocycles. The molecule has 1 atom stereocenters. The van der Waals surface area contributed by atoms with Crippen molar-refractivity contribution in [2.75, 3.05) is 13.2 Å². The minimum atomic E-state index is -1.03. The summed E-state index contributed by atoms with van der Waals surface area (Å²) in [4.78, 5) is 33.7. The van der Waals surface area contributed by atoms with Crippen LogP contribution in [0.1, 0.15) is 97.3 Å². The maximum atomic E-state index is 11.6. The van der Waals surface area contributed by atoms with Gasteiger partial charge in [-0.15, -0.1) is 0 Å². The van der Waals surface area contributed by atoms with Gasteiger partial charge in [-0.05, 0) is 6.42 Å². The molecule has 0 aromatic heterocycles. The number of amides is 1. The second-order valence-electron chi connectivity index (χ2n) is 7.33. The summed E-state index contributed by atoms with van der Waals surface area (Å²) in [5.74, 6) is -2.62. The molecule has 2 N–H and O–H groups in total. The average molecular weight is 386 g/mol. The Morgan fingerprint density at radius 1 is 0.852 bits per heavy atom. The number of rotatable bonds is 18. The Balaban J connectivity index is 3.39. The quantitative estimate of drug-likeness (QED) is 0.268. The Morgan fingerprint density at radius 3 is 1.81 bits per heavy atom. The van der Waals surface area contributed by atoms with Gasteiger partial charge < -0.3 is 15.2 Å². The number of unbranched alkanes of at least 4 members (excludes halogenated alkanes) is 11. The minimum Gasteiger partial charge on any atom is -0.481 e. The van der Waals surface area contributed by atoms with Crippen LogP contribution >= 0.6 is 0 Å². The lowest BCUT2D eigenvalue weighted by Crippen LogP contribution is -2.35. The number of carboxylic acids is 1. The Bertz CT molecular complexity index is 411. The van der Waals surface area contributed by atoms with E-state index in [9.17, 15) is 14.4 Å². The van der Waals surface area contributed by atoms with E-state index in [0.29, 0.717) is 6.61 Å². The molecular formula is C21H39NO5. The summed E-state index contributed by atoms with van der Waals surface area (Å²) in [6, 6.07) is 0. The first-order valence-corrected chi connectivity index (χ1v) is 10.6. The first-order chi connectivity index (χ1) is 13.0. The van der Waals surface area contributed by atoms with Crippen molar-refractivity contribution in [2.24, 2.45) is 5.92 Å². The van der Waals surface area contributed by atoms with Gasteiger partial charge in [-0.3, -0.25) is 14.4 Å². The van der Waals surface area contributed by atoms with Crippen molar-refractivity contribution in [3.05, 3.63) is 0 Å². The van der Waals surface area contributed by atoms with E-state index >= 15 is 0 Å². The molecule has 158 valence electrons. The largest absolute Gasteiger partial charge is 0.481 e. The number of hydrogen-bond donors (Lipinski definition) is 2. The molecule has 0 aromatic rings. The standard InChI is InChI=1S/C21H39NO5/c1-3-4-5-6-7-8-9-10-11-12-13-14-15-27-20(25)17-22-21(26)18(2)16-19(23)24/h18H,3-17H2,1-2H3,(H,22,26)(H,23,24)/t18-/m0/s1. The SMILES string of the molecule is CCCCCCCCCCCCCCOC(=O)CNC(=O)[C@@H](C)CC(=O)O. The van der Waals surface area contributed by atoms with E-state index in [1.807, 2.05) is 0 Å². The van der Waals surface area contributed by atoms with Crippen LogP contribution in [0.5, 0.6) is 0 Å². The maximum absolute atomic E-state index is 11.6. The molecule has 0 radical (unpaired) electrons.